The minimum absolute atomic E-state index is 0.176. The van der Waals surface area contributed by atoms with E-state index in [2.05, 4.69) is 49.5 Å². The molecule has 0 aliphatic heterocycles. The Balaban J connectivity index is 2.75. The SMILES string of the molecule is Cn1c(C(C)(C)C)cc2ncccc21. The largest absolute Gasteiger partial charge is 0.346 e. The number of aromatic nitrogens is 2. The van der Waals surface area contributed by atoms with Crippen molar-refractivity contribution in [3.63, 3.8) is 0 Å². The molecule has 0 saturated carbocycles. The number of pyridine rings is 1. The highest BCUT2D eigenvalue weighted by Gasteiger charge is 2.19. The molecule has 0 saturated heterocycles. The van der Waals surface area contributed by atoms with Crippen molar-refractivity contribution in [2.24, 2.45) is 7.05 Å². The van der Waals surface area contributed by atoms with Crippen molar-refractivity contribution in [2.75, 3.05) is 0 Å². The highest BCUT2D eigenvalue weighted by molar-refractivity contribution is 5.77. The Labute approximate surface area is 84.6 Å². The first-order valence-corrected chi connectivity index (χ1v) is 4.91. The molecular weight excluding hydrogens is 172 g/mol. The van der Waals surface area contributed by atoms with Gasteiger partial charge in [0.15, 0.2) is 0 Å². The summed E-state index contributed by atoms with van der Waals surface area (Å²) >= 11 is 0. The molecule has 0 radical (unpaired) electrons. The first-order valence-electron chi connectivity index (χ1n) is 4.91. The van der Waals surface area contributed by atoms with E-state index >= 15 is 0 Å². The molecule has 2 heteroatoms. The second kappa shape index (κ2) is 2.84. The molecule has 74 valence electrons. The first kappa shape index (κ1) is 9.25. The van der Waals surface area contributed by atoms with Gasteiger partial charge in [0.1, 0.15) is 0 Å². The zero-order valence-electron chi connectivity index (χ0n) is 9.20. The molecule has 0 amide bonds. The van der Waals surface area contributed by atoms with Crippen LogP contribution in [-0.4, -0.2) is 9.55 Å². The second-order valence-electron chi connectivity index (χ2n) is 4.75. The van der Waals surface area contributed by atoms with Crippen LogP contribution in [0.5, 0.6) is 0 Å². The van der Waals surface area contributed by atoms with Crippen molar-refractivity contribution in [1.82, 2.24) is 9.55 Å². The van der Waals surface area contributed by atoms with Gasteiger partial charge >= 0.3 is 0 Å². The van der Waals surface area contributed by atoms with E-state index in [4.69, 9.17) is 0 Å². The van der Waals surface area contributed by atoms with E-state index in [1.54, 1.807) is 0 Å². The number of rotatable bonds is 0. The van der Waals surface area contributed by atoms with E-state index in [-0.39, 0.29) is 5.41 Å². The molecule has 2 rings (SSSR count). The fraction of sp³-hybridized carbons (Fsp3) is 0.417. The standard InChI is InChI=1S/C12H16N2/c1-12(2,3)11-8-9-10(14(11)4)6-5-7-13-9/h5-8H,1-4H3. The normalized spacial score (nSPS) is 12.3. The Bertz CT molecular complexity index is 461. The molecule has 0 N–H and O–H groups in total. The maximum atomic E-state index is 4.36. The van der Waals surface area contributed by atoms with Gasteiger partial charge in [0.05, 0.1) is 11.0 Å². The number of aryl methyl sites for hydroxylation is 1. The average Bonchev–Trinajstić information content (AvgIpc) is 2.44. The van der Waals surface area contributed by atoms with Crippen LogP contribution >= 0.6 is 0 Å². The first-order chi connectivity index (χ1) is 6.50. The van der Waals surface area contributed by atoms with Crippen molar-refractivity contribution < 1.29 is 0 Å². The quantitative estimate of drug-likeness (QED) is 0.621. The Morgan fingerprint density at radius 1 is 1.29 bits per heavy atom. The predicted molar refractivity (Wildman–Crippen MR) is 59.4 cm³/mol. The fourth-order valence-electron chi connectivity index (χ4n) is 1.88. The summed E-state index contributed by atoms with van der Waals surface area (Å²) in [6.07, 6.45) is 1.84. The van der Waals surface area contributed by atoms with Crippen LogP contribution < -0.4 is 0 Å². The molecule has 0 unspecified atom stereocenters. The molecule has 0 atom stereocenters. The van der Waals surface area contributed by atoms with Crippen molar-refractivity contribution in [1.29, 1.82) is 0 Å². The molecule has 0 aliphatic rings. The van der Waals surface area contributed by atoms with E-state index in [0.717, 1.165) is 5.52 Å². The van der Waals surface area contributed by atoms with E-state index < -0.39 is 0 Å². The van der Waals surface area contributed by atoms with Gasteiger partial charge in [-0.1, -0.05) is 20.8 Å². The van der Waals surface area contributed by atoms with Crippen LogP contribution in [0.1, 0.15) is 26.5 Å². The van der Waals surface area contributed by atoms with Gasteiger partial charge in [-0.2, -0.15) is 0 Å². The third kappa shape index (κ3) is 1.31. The number of hydrogen-bond donors (Lipinski definition) is 0. The van der Waals surface area contributed by atoms with Gasteiger partial charge in [-0.25, -0.2) is 0 Å². The smallest absolute Gasteiger partial charge is 0.0883 e. The average molecular weight is 188 g/mol. The van der Waals surface area contributed by atoms with E-state index in [1.807, 2.05) is 12.3 Å². The minimum Gasteiger partial charge on any atom is -0.346 e. The second-order valence-corrected chi connectivity index (χ2v) is 4.75. The van der Waals surface area contributed by atoms with E-state index in [1.165, 1.54) is 11.2 Å². The highest BCUT2D eigenvalue weighted by Crippen LogP contribution is 2.27. The molecule has 0 aromatic carbocycles. The fourth-order valence-corrected chi connectivity index (χ4v) is 1.88. The number of fused-ring (bicyclic) bond motifs is 1. The maximum Gasteiger partial charge on any atom is 0.0883 e. The summed E-state index contributed by atoms with van der Waals surface area (Å²) in [5.41, 5.74) is 3.79. The van der Waals surface area contributed by atoms with Gasteiger partial charge in [0.2, 0.25) is 0 Å². The molecule has 2 nitrogen and oxygen atoms in total. The molecule has 2 aromatic rings. The third-order valence-corrected chi connectivity index (χ3v) is 2.58. The minimum atomic E-state index is 0.176. The van der Waals surface area contributed by atoms with Gasteiger partial charge < -0.3 is 4.57 Å². The summed E-state index contributed by atoms with van der Waals surface area (Å²) in [6.45, 7) is 6.67. The summed E-state index contributed by atoms with van der Waals surface area (Å²) in [7, 11) is 2.10. The lowest BCUT2D eigenvalue weighted by atomic mass is 9.92. The van der Waals surface area contributed by atoms with Crippen LogP contribution in [0.25, 0.3) is 11.0 Å². The summed E-state index contributed by atoms with van der Waals surface area (Å²) < 4.78 is 2.22. The predicted octanol–water partition coefficient (Wildman–Crippen LogP) is 2.87. The summed E-state index contributed by atoms with van der Waals surface area (Å²) in [4.78, 5) is 4.36. The van der Waals surface area contributed by atoms with Crippen molar-refractivity contribution in [3.8, 4) is 0 Å². The van der Waals surface area contributed by atoms with E-state index in [0.29, 0.717) is 0 Å². The summed E-state index contributed by atoms with van der Waals surface area (Å²) in [5, 5.41) is 0. The lowest BCUT2D eigenvalue weighted by Gasteiger charge is -2.19. The summed E-state index contributed by atoms with van der Waals surface area (Å²) in [6, 6.07) is 6.27. The Kier molecular flexibility index (Phi) is 1.88. The van der Waals surface area contributed by atoms with Gasteiger partial charge in [-0.15, -0.1) is 0 Å². The monoisotopic (exact) mass is 188 g/mol. The highest BCUT2D eigenvalue weighted by atomic mass is 15.0. The topological polar surface area (TPSA) is 17.8 Å². The number of nitrogens with zero attached hydrogens (tertiary/aromatic N) is 2. The molecule has 2 aromatic heterocycles. The van der Waals surface area contributed by atoms with Crippen LogP contribution in [0.2, 0.25) is 0 Å². The zero-order valence-corrected chi connectivity index (χ0v) is 9.20. The number of hydrogen-bond acceptors (Lipinski definition) is 1. The molecule has 0 fully saturated rings. The van der Waals surface area contributed by atoms with Crippen molar-refractivity contribution in [2.45, 2.75) is 26.2 Å². The van der Waals surface area contributed by atoms with Crippen LogP contribution in [0.3, 0.4) is 0 Å². The van der Waals surface area contributed by atoms with Gasteiger partial charge in [-0.05, 0) is 18.2 Å². The lowest BCUT2D eigenvalue weighted by molar-refractivity contribution is 0.547. The zero-order chi connectivity index (χ0) is 10.3. The lowest BCUT2D eigenvalue weighted by Crippen LogP contribution is -2.15. The van der Waals surface area contributed by atoms with Crippen LogP contribution in [0.15, 0.2) is 24.4 Å². The van der Waals surface area contributed by atoms with Gasteiger partial charge in [0, 0.05) is 24.4 Å². The third-order valence-electron chi connectivity index (χ3n) is 2.58. The Morgan fingerprint density at radius 2 is 2.00 bits per heavy atom. The van der Waals surface area contributed by atoms with Crippen molar-refractivity contribution >= 4 is 11.0 Å². The van der Waals surface area contributed by atoms with Crippen molar-refractivity contribution in [3.05, 3.63) is 30.1 Å². The Hall–Kier alpha value is -1.31. The Morgan fingerprint density at radius 3 is 2.57 bits per heavy atom. The van der Waals surface area contributed by atoms with E-state index in [9.17, 15) is 0 Å². The molecular formula is C12H16N2. The molecule has 0 bridgehead atoms. The molecule has 0 spiro atoms. The summed E-state index contributed by atoms with van der Waals surface area (Å²) in [5.74, 6) is 0. The van der Waals surface area contributed by atoms with Crippen LogP contribution in [0, 0.1) is 0 Å². The maximum absolute atomic E-state index is 4.36. The van der Waals surface area contributed by atoms with Gasteiger partial charge in [0.25, 0.3) is 0 Å². The molecule has 2 heterocycles. The van der Waals surface area contributed by atoms with Crippen LogP contribution in [0.4, 0.5) is 0 Å². The van der Waals surface area contributed by atoms with Gasteiger partial charge in [-0.3, -0.25) is 4.98 Å². The molecule has 14 heavy (non-hydrogen) atoms. The molecule has 0 aliphatic carbocycles. The van der Waals surface area contributed by atoms with Crippen LogP contribution in [-0.2, 0) is 12.5 Å².